The fraction of sp³-hybridized carbons (Fsp3) is 0.857. The molecule has 0 bridgehead atoms. The Morgan fingerprint density at radius 2 is 2.21 bits per heavy atom. The molecule has 0 amide bonds. The SMILES string of the molecule is Cc1noc(CCN2CCCNC(C(C)(C)C)C2)n1. The van der Waals surface area contributed by atoms with Crippen LogP contribution < -0.4 is 5.32 Å². The Labute approximate surface area is 115 Å². The second kappa shape index (κ2) is 6.01. The minimum atomic E-state index is 0.295. The molecule has 1 aromatic rings. The summed E-state index contributed by atoms with van der Waals surface area (Å²) in [6, 6.07) is 0.541. The van der Waals surface area contributed by atoms with Gasteiger partial charge in [-0.2, -0.15) is 4.98 Å². The molecule has 1 fully saturated rings. The van der Waals surface area contributed by atoms with E-state index in [0.29, 0.717) is 11.5 Å². The normalized spacial score (nSPS) is 22.4. The molecular weight excluding hydrogens is 240 g/mol. The average molecular weight is 266 g/mol. The van der Waals surface area contributed by atoms with Crippen molar-refractivity contribution in [1.82, 2.24) is 20.4 Å². The Balaban J connectivity index is 1.88. The summed E-state index contributed by atoms with van der Waals surface area (Å²) in [5.41, 5.74) is 0.295. The first-order chi connectivity index (χ1) is 8.95. The van der Waals surface area contributed by atoms with Gasteiger partial charge in [-0.15, -0.1) is 0 Å². The van der Waals surface area contributed by atoms with E-state index in [-0.39, 0.29) is 0 Å². The van der Waals surface area contributed by atoms with Gasteiger partial charge in [0.2, 0.25) is 5.89 Å². The van der Waals surface area contributed by atoms with Crippen LogP contribution in [0.15, 0.2) is 4.52 Å². The minimum absolute atomic E-state index is 0.295. The fourth-order valence-corrected chi connectivity index (χ4v) is 2.47. The Kier molecular flexibility index (Phi) is 4.58. The molecule has 5 nitrogen and oxygen atoms in total. The van der Waals surface area contributed by atoms with Crippen molar-refractivity contribution in [3.05, 3.63) is 11.7 Å². The van der Waals surface area contributed by atoms with E-state index in [1.165, 1.54) is 6.42 Å². The van der Waals surface area contributed by atoms with E-state index in [1.807, 2.05) is 6.92 Å². The van der Waals surface area contributed by atoms with E-state index in [4.69, 9.17) is 4.52 Å². The van der Waals surface area contributed by atoms with Crippen LogP contribution >= 0.6 is 0 Å². The van der Waals surface area contributed by atoms with Gasteiger partial charge < -0.3 is 14.7 Å². The maximum Gasteiger partial charge on any atom is 0.227 e. The zero-order chi connectivity index (χ0) is 13.9. The zero-order valence-corrected chi connectivity index (χ0v) is 12.6. The summed E-state index contributed by atoms with van der Waals surface area (Å²) in [6.45, 7) is 13.1. The molecule has 2 heterocycles. The van der Waals surface area contributed by atoms with E-state index in [2.05, 4.69) is 41.1 Å². The third kappa shape index (κ3) is 4.28. The Morgan fingerprint density at radius 3 is 2.84 bits per heavy atom. The molecule has 2 rings (SSSR count). The van der Waals surface area contributed by atoms with Gasteiger partial charge in [-0.05, 0) is 31.8 Å². The monoisotopic (exact) mass is 266 g/mol. The summed E-state index contributed by atoms with van der Waals surface area (Å²) in [5, 5.41) is 7.50. The lowest BCUT2D eigenvalue weighted by molar-refractivity contribution is 0.194. The third-order valence-corrected chi connectivity index (χ3v) is 3.74. The smallest absolute Gasteiger partial charge is 0.227 e. The quantitative estimate of drug-likeness (QED) is 0.901. The molecule has 1 aliphatic heterocycles. The molecule has 5 heteroatoms. The molecule has 1 unspecified atom stereocenters. The van der Waals surface area contributed by atoms with Gasteiger partial charge in [0, 0.05) is 25.6 Å². The van der Waals surface area contributed by atoms with Crippen molar-refractivity contribution < 1.29 is 4.52 Å². The van der Waals surface area contributed by atoms with Crippen LogP contribution in [0, 0.1) is 12.3 Å². The van der Waals surface area contributed by atoms with Gasteiger partial charge in [0.05, 0.1) is 0 Å². The first-order valence-electron chi connectivity index (χ1n) is 7.20. The number of aromatic nitrogens is 2. The summed E-state index contributed by atoms with van der Waals surface area (Å²) < 4.78 is 5.18. The predicted octanol–water partition coefficient (Wildman–Crippen LogP) is 1.63. The van der Waals surface area contributed by atoms with Crippen LogP contribution in [0.4, 0.5) is 0 Å². The maximum atomic E-state index is 5.18. The lowest BCUT2D eigenvalue weighted by atomic mass is 9.86. The highest BCUT2D eigenvalue weighted by molar-refractivity contribution is 4.88. The summed E-state index contributed by atoms with van der Waals surface area (Å²) in [7, 11) is 0. The van der Waals surface area contributed by atoms with E-state index in [1.54, 1.807) is 0 Å². The molecule has 0 aromatic carbocycles. The molecule has 1 aromatic heterocycles. The average Bonchev–Trinajstić information content (AvgIpc) is 2.61. The molecule has 1 saturated heterocycles. The summed E-state index contributed by atoms with van der Waals surface area (Å²) in [6.07, 6.45) is 2.05. The van der Waals surface area contributed by atoms with Crippen LogP contribution in [0.5, 0.6) is 0 Å². The largest absolute Gasteiger partial charge is 0.339 e. The van der Waals surface area contributed by atoms with Crippen molar-refractivity contribution in [2.24, 2.45) is 5.41 Å². The van der Waals surface area contributed by atoms with Crippen LogP contribution in [0.2, 0.25) is 0 Å². The van der Waals surface area contributed by atoms with Crippen LogP contribution in [0.25, 0.3) is 0 Å². The highest BCUT2D eigenvalue weighted by atomic mass is 16.5. The van der Waals surface area contributed by atoms with Crippen LogP contribution in [-0.2, 0) is 6.42 Å². The minimum Gasteiger partial charge on any atom is -0.339 e. The summed E-state index contributed by atoms with van der Waals surface area (Å²) in [5.74, 6) is 1.47. The predicted molar refractivity (Wildman–Crippen MR) is 75.0 cm³/mol. The molecule has 0 aliphatic carbocycles. The fourth-order valence-electron chi connectivity index (χ4n) is 2.47. The van der Waals surface area contributed by atoms with E-state index in [0.717, 1.165) is 44.3 Å². The van der Waals surface area contributed by atoms with Crippen molar-refractivity contribution >= 4 is 0 Å². The number of nitrogens with zero attached hydrogens (tertiary/aromatic N) is 3. The third-order valence-electron chi connectivity index (χ3n) is 3.74. The molecule has 0 spiro atoms. The van der Waals surface area contributed by atoms with Crippen LogP contribution in [0.1, 0.15) is 38.9 Å². The first kappa shape index (κ1) is 14.5. The van der Waals surface area contributed by atoms with Crippen molar-refractivity contribution in [2.75, 3.05) is 26.2 Å². The topological polar surface area (TPSA) is 54.2 Å². The van der Waals surface area contributed by atoms with Crippen molar-refractivity contribution in [3.8, 4) is 0 Å². The summed E-state index contributed by atoms with van der Waals surface area (Å²) in [4.78, 5) is 6.78. The van der Waals surface area contributed by atoms with Gasteiger partial charge in [0.15, 0.2) is 5.82 Å². The van der Waals surface area contributed by atoms with Crippen LogP contribution in [0.3, 0.4) is 0 Å². The molecule has 1 atom stereocenters. The highest BCUT2D eigenvalue weighted by Gasteiger charge is 2.27. The molecule has 0 saturated carbocycles. The van der Waals surface area contributed by atoms with E-state index >= 15 is 0 Å². The number of rotatable bonds is 3. The van der Waals surface area contributed by atoms with Crippen LogP contribution in [-0.4, -0.2) is 47.3 Å². The molecule has 1 aliphatic rings. The number of hydrogen-bond donors (Lipinski definition) is 1. The van der Waals surface area contributed by atoms with Gasteiger partial charge in [-0.3, -0.25) is 0 Å². The van der Waals surface area contributed by atoms with Gasteiger partial charge >= 0.3 is 0 Å². The van der Waals surface area contributed by atoms with Crippen molar-refractivity contribution in [1.29, 1.82) is 0 Å². The number of aryl methyl sites for hydroxylation is 1. The first-order valence-corrected chi connectivity index (χ1v) is 7.20. The molecule has 19 heavy (non-hydrogen) atoms. The second-order valence-electron chi connectivity index (χ2n) is 6.51. The second-order valence-corrected chi connectivity index (χ2v) is 6.51. The van der Waals surface area contributed by atoms with E-state index < -0.39 is 0 Å². The van der Waals surface area contributed by atoms with Gasteiger partial charge in [0.1, 0.15) is 0 Å². The zero-order valence-electron chi connectivity index (χ0n) is 12.6. The molecule has 108 valence electrons. The Bertz CT molecular complexity index is 396. The van der Waals surface area contributed by atoms with Crippen molar-refractivity contribution in [3.63, 3.8) is 0 Å². The number of nitrogens with one attached hydrogen (secondary N) is 1. The lowest BCUT2D eigenvalue weighted by Crippen LogP contribution is -2.46. The highest BCUT2D eigenvalue weighted by Crippen LogP contribution is 2.21. The van der Waals surface area contributed by atoms with Gasteiger partial charge in [-0.1, -0.05) is 25.9 Å². The van der Waals surface area contributed by atoms with Gasteiger partial charge in [0.25, 0.3) is 0 Å². The molecule has 1 N–H and O–H groups in total. The van der Waals surface area contributed by atoms with Crippen molar-refractivity contribution in [2.45, 2.75) is 46.6 Å². The lowest BCUT2D eigenvalue weighted by Gasteiger charge is -2.33. The maximum absolute atomic E-state index is 5.18. The molecule has 0 radical (unpaired) electrons. The molecular formula is C14H26N4O. The Hall–Kier alpha value is -0.940. The number of hydrogen-bond acceptors (Lipinski definition) is 5. The summed E-state index contributed by atoms with van der Waals surface area (Å²) >= 11 is 0. The Morgan fingerprint density at radius 1 is 1.42 bits per heavy atom. The van der Waals surface area contributed by atoms with Gasteiger partial charge in [-0.25, -0.2) is 0 Å². The standard InChI is InChI=1S/C14H26N4O/c1-11-16-13(19-17-11)6-9-18-8-5-7-15-12(10-18)14(2,3)4/h12,15H,5-10H2,1-4H3. The van der Waals surface area contributed by atoms with E-state index in [9.17, 15) is 0 Å².